The van der Waals surface area contributed by atoms with Crippen molar-refractivity contribution in [1.82, 2.24) is 15.0 Å². The number of carbonyl (C=O) groups is 2. The lowest BCUT2D eigenvalue weighted by Crippen LogP contribution is -2.48. The maximum Gasteiger partial charge on any atom is 0.231 e. The zero-order valence-corrected chi connectivity index (χ0v) is 21.9. The minimum absolute atomic E-state index is 0.0728. The Morgan fingerprint density at radius 3 is 1.22 bits per heavy atom. The second-order valence-electron chi connectivity index (χ2n) is 9.36. The highest BCUT2D eigenvalue weighted by Gasteiger charge is 2.24. The van der Waals surface area contributed by atoms with E-state index in [0.717, 1.165) is 74.9 Å². The first kappa shape index (κ1) is 25.0. The van der Waals surface area contributed by atoms with Gasteiger partial charge in [-0.05, 0) is 74.0 Å². The third-order valence-corrected chi connectivity index (χ3v) is 7.16. The summed E-state index contributed by atoms with van der Waals surface area (Å²) in [7, 11) is 0. The molecule has 1 aromatic heterocycles. The van der Waals surface area contributed by atoms with Gasteiger partial charge < -0.3 is 19.6 Å². The Hall–Kier alpha value is -3.72. The summed E-state index contributed by atoms with van der Waals surface area (Å²) in [5.41, 5.74) is 3.66. The highest BCUT2D eigenvalue weighted by Crippen LogP contribution is 2.24. The molecule has 2 aliphatic heterocycles. The van der Waals surface area contributed by atoms with E-state index < -0.39 is 0 Å². The number of hydrogen-bond acceptors (Lipinski definition) is 9. The third-order valence-electron chi connectivity index (χ3n) is 6.99. The van der Waals surface area contributed by atoms with E-state index in [0.29, 0.717) is 11.9 Å². The van der Waals surface area contributed by atoms with Gasteiger partial charge in [-0.25, -0.2) is 0 Å². The molecular weight excluding hydrogens is 490 g/mol. The van der Waals surface area contributed by atoms with Crippen molar-refractivity contribution in [2.75, 3.05) is 72.0 Å². The van der Waals surface area contributed by atoms with E-state index in [1.165, 1.54) is 0 Å². The molecule has 2 fully saturated rings. The summed E-state index contributed by atoms with van der Waals surface area (Å²) < 4.78 is 0. The van der Waals surface area contributed by atoms with Crippen LogP contribution in [-0.2, 0) is 0 Å². The third kappa shape index (κ3) is 5.67. The van der Waals surface area contributed by atoms with E-state index in [4.69, 9.17) is 16.6 Å². The van der Waals surface area contributed by atoms with Crippen molar-refractivity contribution in [1.29, 1.82) is 0 Å². The number of piperazine rings is 2. The first-order chi connectivity index (χ1) is 17.9. The SMILES string of the molecule is CC(=O)c1ccc(N2CCN(c3nc(Cl)nc(N4CCN(c5ccc(C(C)=O)cc5)CC4)n3)CC2)cc1. The van der Waals surface area contributed by atoms with Gasteiger partial charge in [0.25, 0.3) is 0 Å². The van der Waals surface area contributed by atoms with Gasteiger partial charge in [0.05, 0.1) is 0 Å². The molecule has 0 N–H and O–H groups in total. The molecule has 0 amide bonds. The van der Waals surface area contributed by atoms with Crippen molar-refractivity contribution in [3.05, 3.63) is 64.9 Å². The Labute approximate surface area is 221 Å². The lowest BCUT2D eigenvalue weighted by molar-refractivity contribution is 0.100. The molecule has 3 heterocycles. The largest absolute Gasteiger partial charge is 0.368 e. The highest BCUT2D eigenvalue weighted by atomic mass is 35.5. The number of Topliss-reactive ketones (excluding diaryl/α,β-unsaturated/α-hetero) is 2. The van der Waals surface area contributed by atoms with Crippen LogP contribution in [0.4, 0.5) is 23.3 Å². The van der Waals surface area contributed by atoms with Crippen LogP contribution in [0.25, 0.3) is 0 Å². The number of hydrogen-bond donors (Lipinski definition) is 0. The fourth-order valence-corrected chi connectivity index (χ4v) is 4.91. The van der Waals surface area contributed by atoms with Crippen LogP contribution in [0.1, 0.15) is 34.6 Å². The molecule has 2 aliphatic rings. The highest BCUT2D eigenvalue weighted by molar-refractivity contribution is 6.28. The van der Waals surface area contributed by atoms with Gasteiger partial charge in [0.15, 0.2) is 11.6 Å². The Kier molecular flexibility index (Phi) is 7.23. The molecule has 0 aliphatic carbocycles. The van der Waals surface area contributed by atoms with E-state index in [-0.39, 0.29) is 16.9 Å². The molecule has 10 heteroatoms. The summed E-state index contributed by atoms with van der Waals surface area (Å²) in [6, 6.07) is 15.5. The van der Waals surface area contributed by atoms with Crippen molar-refractivity contribution in [3.63, 3.8) is 0 Å². The first-order valence-corrected chi connectivity index (χ1v) is 12.9. The smallest absolute Gasteiger partial charge is 0.231 e. The Bertz CT molecular complexity index is 1170. The fraction of sp³-hybridized carbons (Fsp3) is 0.370. The molecule has 192 valence electrons. The molecule has 0 radical (unpaired) electrons. The van der Waals surface area contributed by atoms with E-state index in [1.54, 1.807) is 13.8 Å². The molecular formula is C27H30ClN7O2. The van der Waals surface area contributed by atoms with Crippen LogP contribution in [0.15, 0.2) is 48.5 Å². The van der Waals surface area contributed by atoms with Crippen molar-refractivity contribution in [2.24, 2.45) is 0 Å². The van der Waals surface area contributed by atoms with Crippen LogP contribution in [-0.4, -0.2) is 78.9 Å². The van der Waals surface area contributed by atoms with Crippen LogP contribution < -0.4 is 19.6 Å². The Morgan fingerprint density at radius 1 is 0.568 bits per heavy atom. The minimum Gasteiger partial charge on any atom is -0.368 e. The van der Waals surface area contributed by atoms with Crippen molar-refractivity contribution < 1.29 is 9.59 Å². The second-order valence-corrected chi connectivity index (χ2v) is 9.70. The molecule has 0 bridgehead atoms. The number of carbonyl (C=O) groups excluding carboxylic acids is 2. The minimum atomic E-state index is 0.0728. The van der Waals surface area contributed by atoms with E-state index in [9.17, 15) is 9.59 Å². The Morgan fingerprint density at radius 2 is 0.892 bits per heavy atom. The average molecular weight is 520 g/mol. The van der Waals surface area contributed by atoms with Gasteiger partial charge in [0.1, 0.15) is 0 Å². The maximum atomic E-state index is 11.5. The molecule has 5 rings (SSSR count). The molecule has 9 nitrogen and oxygen atoms in total. The standard InChI is InChI=1S/C27H30ClN7O2/c1-19(36)21-3-7-23(8-4-21)32-11-15-34(16-12-32)26-29-25(28)30-27(31-26)35-17-13-33(14-18-35)24-9-5-22(6-10-24)20(2)37/h3-10H,11-18H2,1-2H3. The van der Waals surface area contributed by atoms with Gasteiger partial charge in [-0.3, -0.25) is 9.59 Å². The van der Waals surface area contributed by atoms with Crippen LogP contribution in [0.5, 0.6) is 0 Å². The van der Waals surface area contributed by atoms with Gasteiger partial charge in [-0.1, -0.05) is 0 Å². The predicted octanol–water partition coefficient (Wildman–Crippen LogP) is 3.58. The summed E-state index contributed by atoms with van der Waals surface area (Å²) in [6.07, 6.45) is 0. The summed E-state index contributed by atoms with van der Waals surface area (Å²) in [5.74, 6) is 1.35. The molecule has 2 saturated heterocycles. The zero-order valence-electron chi connectivity index (χ0n) is 21.1. The normalized spacial score (nSPS) is 16.2. The molecule has 0 unspecified atom stereocenters. The first-order valence-electron chi connectivity index (χ1n) is 12.5. The number of aromatic nitrogens is 3. The number of halogens is 1. The number of anilines is 4. The number of rotatable bonds is 6. The number of nitrogens with zero attached hydrogens (tertiary/aromatic N) is 7. The average Bonchev–Trinajstić information content (AvgIpc) is 2.93. The van der Waals surface area contributed by atoms with Crippen LogP contribution in [0.3, 0.4) is 0 Å². The summed E-state index contributed by atoms with van der Waals surface area (Å²) in [4.78, 5) is 45.6. The zero-order chi connectivity index (χ0) is 25.9. The lowest BCUT2D eigenvalue weighted by Gasteiger charge is -2.37. The van der Waals surface area contributed by atoms with Crippen molar-refractivity contribution in [3.8, 4) is 0 Å². The second kappa shape index (κ2) is 10.7. The Balaban J connectivity index is 1.20. The summed E-state index contributed by atoms with van der Waals surface area (Å²) in [5, 5.41) is 0.199. The van der Waals surface area contributed by atoms with E-state index in [2.05, 4.69) is 29.6 Å². The van der Waals surface area contributed by atoms with Gasteiger partial charge in [-0.2, -0.15) is 15.0 Å². The van der Waals surface area contributed by atoms with Crippen molar-refractivity contribution in [2.45, 2.75) is 13.8 Å². The lowest BCUT2D eigenvalue weighted by atomic mass is 10.1. The van der Waals surface area contributed by atoms with Crippen molar-refractivity contribution >= 4 is 46.4 Å². The molecule has 3 aromatic rings. The molecule has 0 atom stereocenters. The molecule has 0 spiro atoms. The molecule has 0 saturated carbocycles. The quantitative estimate of drug-likeness (QED) is 0.453. The molecule has 37 heavy (non-hydrogen) atoms. The van der Waals surface area contributed by atoms with Gasteiger partial charge in [0.2, 0.25) is 17.2 Å². The molecule has 2 aromatic carbocycles. The fourth-order valence-electron chi connectivity index (χ4n) is 4.76. The predicted molar refractivity (Wildman–Crippen MR) is 147 cm³/mol. The maximum absolute atomic E-state index is 11.5. The number of benzene rings is 2. The van der Waals surface area contributed by atoms with Gasteiger partial charge in [0, 0.05) is 74.9 Å². The van der Waals surface area contributed by atoms with Crippen LogP contribution in [0.2, 0.25) is 5.28 Å². The monoisotopic (exact) mass is 519 g/mol. The van der Waals surface area contributed by atoms with Crippen LogP contribution in [0, 0.1) is 0 Å². The summed E-state index contributed by atoms with van der Waals surface area (Å²) >= 11 is 6.33. The van der Waals surface area contributed by atoms with Gasteiger partial charge in [-0.15, -0.1) is 0 Å². The van der Waals surface area contributed by atoms with E-state index in [1.807, 2.05) is 48.5 Å². The van der Waals surface area contributed by atoms with Gasteiger partial charge >= 0.3 is 0 Å². The topological polar surface area (TPSA) is 85.8 Å². The van der Waals surface area contributed by atoms with E-state index >= 15 is 0 Å². The number of ketones is 2. The van der Waals surface area contributed by atoms with Crippen LogP contribution >= 0.6 is 11.6 Å². The summed E-state index contributed by atoms with van der Waals surface area (Å²) in [6.45, 7) is 9.48.